The molecule has 0 spiro atoms. The van der Waals surface area contributed by atoms with E-state index in [-0.39, 0.29) is 5.92 Å². The highest BCUT2D eigenvalue weighted by atomic mass is 16.5. The maximum Gasteiger partial charge on any atom is 0.309 e. The van der Waals surface area contributed by atoms with Gasteiger partial charge in [0.15, 0.2) is 0 Å². The Labute approximate surface area is 165 Å². The van der Waals surface area contributed by atoms with Crippen molar-refractivity contribution < 1.29 is 14.6 Å². The summed E-state index contributed by atoms with van der Waals surface area (Å²) in [5.74, 6) is -0.0630. The third-order valence-electron chi connectivity index (χ3n) is 5.38. The Bertz CT molecular complexity index is 969. The zero-order valence-electron chi connectivity index (χ0n) is 16.3. The lowest BCUT2D eigenvalue weighted by atomic mass is 10.00. The van der Waals surface area contributed by atoms with Crippen molar-refractivity contribution in [3.05, 3.63) is 65.9 Å². The highest BCUT2D eigenvalue weighted by Gasteiger charge is 2.32. The topological polar surface area (TPSA) is 54.7 Å². The fourth-order valence-electron chi connectivity index (χ4n) is 3.72. The predicted octanol–water partition coefficient (Wildman–Crippen LogP) is 4.32. The third-order valence-corrected chi connectivity index (χ3v) is 5.38. The van der Waals surface area contributed by atoms with E-state index in [0.717, 1.165) is 17.9 Å². The molecule has 2 aromatic carbocycles. The van der Waals surface area contributed by atoms with Crippen LogP contribution in [0.1, 0.15) is 31.0 Å². The van der Waals surface area contributed by atoms with Gasteiger partial charge in [-0.05, 0) is 60.7 Å². The fourth-order valence-corrected chi connectivity index (χ4v) is 3.72. The average Bonchev–Trinajstić information content (AvgIpc) is 3.06. The van der Waals surface area contributed by atoms with Gasteiger partial charge in [-0.15, -0.1) is 0 Å². The molecule has 0 bridgehead atoms. The first-order valence-corrected chi connectivity index (χ1v) is 9.76. The lowest BCUT2D eigenvalue weighted by Gasteiger charge is -2.36. The first-order chi connectivity index (χ1) is 13.5. The molecule has 0 saturated carbocycles. The third kappa shape index (κ3) is 3.90. The maximum atomic E-state index is 10.9. The summed E-state index contributed by atoms with van der Waals surface area (Å²) in [5.41, 5.74) is 3.57. The van der Waals surface area contributed by atoms with E-state index in [1.54, 1.807) is 0 Å². The van der Waals surface area contributed by atoms with Crippen molar-refractivity contribution in [1.29, 1.82) is 0 Å². The zero-order chi connectivity index (χ0) is 19.7. The predicted molar refractivity (Wildman–Crippen MR) is 109 cm³/mol. The molecule has 1 aliphatic heterocycles. The van der Waals surface area contributed by atoms with Gasteiger partial charge in [-0.25, -0.2) is 0 Å². The van der Waals surface area contributed by atoms with Gasteiger partial charge in [0.25, 0.3) is 0 Å². The molecule has 3 aromatic rings. The quantitative estimate of drug-likeness (QED) is 0.665. The van der Waals surface area contributed by atoms with Crippen LogP contribution in [0.4, 0.5) is 0 Å². The molecule has 1 aliphatic rings. The number of benzene rings is 2. The summed E-state index contributed by atoms with van der Waals surface area (Å²) in [7, 11) is 0. The molecule has 0 atom stereocenters. The highest BCUT2D eigenvalue weighted by Crippen LogP contribution is 2.23. The second-order valence-electron chi connectivity index (χ2n) is 7.87. The Morgan fingerprint density at radius 1 is 1.11 bits per heavy atom. The van der Waals surface area contributed by atoms with Crippen molar-refractivity contribution in [3.8, 4) is 5.75 Å². The number of likely N-dealkylation sites (tertiary alicyclic amines) is 1. The molecule has 0 aliphatic carbocycles. The molecule has 1 aromatic heterocycles. The van der Waals surface area contributed by atoms with Gasteiger partial charge in [-0.2, -0.15) is 0 Å². The minimum absolute atomic E-state index is 0.211. The van der Waals surface area contributed by atoms with E-state index in [1.165, 1.54) is 16.5 Å². The second kappa shape index (κ2) is 7.68. The SMILES string of the molecule is CC(C)n1ccc2cc(COc3ccc(CN4CC(C(=O)O)C4)cc3)ccc21. The largest absolute Gasteiger partial charge is 0.489 e. The first kappa shape index (κ1) is 18.6. The molecule has 1 fully saturated rings. The van der Waals surface area contributed by atoms with E-state index in [0.29, 0.717) is 25.7 Å². The number of nitrogens with zero attached hydrogens (tertiary/aromatic N) is 2. The summed E-state index contributed by atoms with van der Waals surface area (Å²) in [5, 5.41) is 10.2. The molecule has 0 amide bonds. The van der Waals surface area contributed by atoms with Crippen LogP contribution < -0.4 is 4.74 Å². The minimum atomic E-state index is -0.695. The van der Waals surface area contributed by atoms with E-state index in [1.807, 2.05) is 12.1 Å². The number of carbonyl (C=O) groups is 1. The van der Waals surface area contributed by atoms with Gasteiger partial charge in [0, 0.05) is 37.4 Å². The summed E-state index contributed by atoms with van der Waals surface area (Å²) < 4.78 is 8.22. The van der Waals surface area contributed by atoms with Gasteiger partial charge in [-0.3, -0.25) is 9.69 Å². The molecule has 146 valence electrons. The van der Waals surface area contributed by atoms with Gasteiger partial charge < -0.3 is 14.4 Å². The lowest BCUT2D eigenvalue weighted by Crippen LogP contribution is -2.49. The zero-order valence-corrected chi connectivity index (χ0v) is 16.3. The van der Waals surface area contributed by atoms with E-state index >= 15 is 0 Å². The molecule has 0 unspecified atom stereocenters. The lowest BCUT2D eigenvalue weighted by molar-refractivity contribution is -0.147. The number of aromatic nitrogens is 1. The minimum Gasteiger partial charge on any atom is -0.489 e. The molecule has 1 saturated heterocycles. The summed E-state index contributed by atoms with van der Waals surface area (Å²) in [6.45, 7) is 6.96. The molecule has 4 rings (SSSR count). The van der Waals surface area contributed by atoms with Crippen LogP contribution in [0.2, 0.25) is 0 Å². The molecule has 2 heterocycles. The Balaban J connectivity index is 1.32. The normalized spacial score (nSPS) is 15.1. The van der Waals surface area contributed by atoms with Crippen molar-refractivity contribution in [2.24, 2.45) is 5.92 Å². The van der Waals surface area contributed by atoms with E-state index in [9.17, 15) is 4.79 Å². The molecule has 5 heteroatoms. The summed E-state index contributed by atoms with van der Waals surface area (Å²) in [4.78, 5) is 13.0. The number of fused-ring (bicyclic) bond motifs is 1. The van der Waals surface area contributed by atoms with Gasteiger partial charge in [0.05, 0.1) is 5.92 Å². The highest BCUT2D eigenvalue weighted by molar-refractivity contribution is 5.81. The van der Waals surface area contributed by atoms with Gasteiger partial charge in [0.1, 0.15) is 12.4 Å². The monoisotopic (exact) mass is 378 g/mol. The number of carboxylic acids is 1. The van der Waals surface area contributed by atoms with Crippen molar-refractivity contribution >= 4 is 16.9 Å². The summed E-state index contributed by atoms with van der Waals surface area (Å²) in [6, 6.07) is 17.1. The molecule has 5 nitrogen and oxygen atoms in total. The molecule has 0 radical (unpaired) electrons. The Kier molecular flexibility index (Phi) is 5.09. The van der Waals surface area contributed by atoms with Crippen LogP contribution in [0.15, 0.2) is 54.7 Å². The van der Waals surface area contributed by atoms with Crippen molar-refractivity contribution in [2.45, 2.75) is 33.0 Å². The van der Waals surface area contributed by atoms with Crippen molar-refractivity contribution in [2.75, 3.05) is 13.1 Å². The van der Waals surface area contributed by atoms with Gasteiger partial charge in [-0.1, -0.05) is 18.2 Å². The summed E-state index contributed by atoms with van der Waals surface area (Å²) in [6.07, 6.45) is 2.13. The smallest absolute Gasteiger partial charge is 0.309 e. The van der Waals surface area contributed by atoms with Crippen LogP contribution in [0.5, 0.6) is 5.75 Å². The van der Waals surface area contributed by atoms with Crippen LogP contribution in [0, 0.1) is 5.92 Å². The van der Waals surface area contributed by atoms with Crippen LogP contribution >= 0.6 is 0 Å². The molecule has 1 N–H and O–H groups in total. The van der Waals surface area contributed by atoms with Crippen LogP contribution in [0.25, 0.3) is 10.9 Å². The molecular formula is C23H26N2O3. The number of carboxylic acid groups (broad SMARTS) is 1. The number of ether oxygens (including phenoxy) is 1. The molecular weight excluding hydrogens is 352 g/mol. The van der Waals surface area contributed by atoms with E-state index in [2.05, 4.69) is 65.9 Å². The number of aliphatic carboxylic acids is 1. The van der Waals surface area contributed by atoms with Crippen LogP contribution in [-0.2, 0) is 17.9 Å². The van der Waals surface area contributed by atoms with Gasteiger partial charge >= 0.3 is 5.97 Å². The van der Waals surface area contributed by atoms with Crippen LogP contribution in [0.3, 0.4) is 0 Å². The van der Waals surface area contributed by atoms with Crippen molar-refractivity contribution in [1.82, 2.24) is 9.47 Å². The standard InChI is InChI=1S/C23H26N2O3/c1-16(2)25-10-9-19-11-18(5-8-22(19)25)15-28-21-6-3-17(4-7-21)12-24-13-20(14-24)23(26)27/h3-11,16,20H,12-15H2,1-2H3,(H,26,27). The van der Waals surface area contributed by atoms with E-state index < -0.39 is 5.97 Å². The number of hydrogen-bond acceptors (Lipinski definition) is 3. The second-order valence-corrected chi connectivity index (χ2v) is 7.87. The first-order valence-electron chi connectivity index (χ1n) is 9.76. The Morgan fingerprint density at radius 2 is 1.82 bits per heavy atom. The van der Waals surface area contributed by atoms with Crippen molar-refractivity contribution in [3.63, 3.8) is 0 Å². The number of hydrogen-bond donors (Lipinski definition) is 1. The van der Waals surface area contributed by atoms with Crippen LogP contribution in [-0.4, -0.2) is 33.6 Å². The average molecular weight is 378 g/mol. The summed E-state index contributed by atoms with van der Waals surface area (Å²) >= 11 is 0. The number of rotatable bonds is 7. The molecule has 28 heavy (non-hydrogen) atoms. The maximum absolute atomic E-state index is 10.9. The van der Waals surface area contributed by atoms with E-state index in [4.69, 9.17) is 9.84 Å². The van der Waals surface area contributed by atoms with Gasteiger partial charge in [0.2, 0.25) is 0 Å². The Morgan fingerprint density at radius 3 is 2.50 bits per heavy atom. The fraction of sp³-hybridized carbons (Fsp3) is 0.348. The Hall–Kier alpha value is -2.79.